The molecule has 0 aromatic carbocycles. The van der Waals surface area contributed by atoms with Gasteiger partial charge in [0, 0.05) is 20.1 Å². The first-order valence-corrected chi connectivity index (χ1v) is 7.18. The zero-order chi connectivity index (χ0) is 18.4. The zero-order valence-corrected chi connectivity index (χ0v) is 13.0. The second-order valence-electron chi connectivity index (χ2n) is 5.18. The first-order chi connectivity index (χ1) is 11.3. The van der Waals surface area contributed by atoms with Crippen molar-refractivity contribution in [1.82, 2.24) is 0 Å². The van der Waals surface area contributed by atoms with E-state index >= 15 is 0 Å². The van der Waals surface area contributed by atoms with Crippen molar-refractivity contribution in [3.8, 4) is 0 Å². The van der Waals surface area contributed by atoms with Crippen LogP contribution in [-0.2, 0) is 14.2 Å². The minimum absolute atomic E-state index is 0.274. The molecule has 0 aliphatic carbocycles. The highest BCUT2D eigenvalue weighted by atomic mass is 16.7. The molecule has 0 saturated carbocycles. The van der Waals surface area contributed by atoms with Gasteiger partial charge >= 0.3 is 0 Å². The van der Waals surface area contributed by atoms with Crippen LogP contribution in [0.25, 0.3) is 0 Å². The van der Waals surface area contributed by atoms with E-state index < -0.39 is 67.8 Å². The molecule has 1 fully saturated rings. The fraction of sp³-hybridized carbons (Fsp3) is 0.846. The fourth-order valence-electron chi connectivity index (χ4n) is 2.07. The number of rotatable bonds is 8. The van der Waals surface area contributed by atoms with Crippen molar-refractivity contribution < 1.29 is 55.1 Å². The van der Waals surface area contributed by atoms with Crippen LogP contribution >= 0.6 is 0 Å². The summed E-state index contributed by atoms with van der Waals surface area (Å²) in [7, 11) is 1.06. The number of aliphatic hydroxyl groups is 8. The van der Waals surface area contributed by atoms with E-state index in [4.69, 9.17) is 19.7 Å². The van der Waals surface area contributed by atoms with Crippen molar-refractivity contribution >= 4 is 0 Å². The monoisotopic (exact) mass is 356 g/mol. The molecule has 7 atom stereocenters. The molecule has 8 N–H and O–H groups in total. The van der Waals surface area contributed by atoms with Crippen molar-refractivity contribution in [3.05, 3.63) is 11.5 Å². The molecule has 11 nitrogen and oxygen atoms in total. The van der Waals surface area contributed by atoms with E-state index in [-0.39, 0.29) is 6.42 Å². The van der Waals surface area contributed by atoms with Gasteiger partial charge in [0.15, 0.2) is 11.5 Å². The maximum Gasteiger partial charge on any atom is 0.229 e. The van der Waals surface area contributed by atoms with Gasteiger partial charge in [0.25, 0.3) is 0 Å². The summed E-state index contributed by atoms with van der Waals surface area (Å²) in [5.41, 5.74) is 0. The minimum atomic E-state index is -1.86. The summed E-state index contributed by atoms with van der Waals surface area (Å²) >= 11 is 0. The van der Waals surface area contributed by atoms with Gasteiger partial charge in [-0.2, -0.15) is 0 Å². The molecular formula is C13H24O11. The number of aliphatic hydroxyl groups excluding tert-OH is 8. The van der Waals surface area contributed by atoms with Crippen molar-refractivity contribution in [2.45, 2.75) is 49.5 Å². The van der Waals surface area contributed by atoms with Crippen LogP contribution in [0.15, 0.2) is 11.5 Å². The summed E-state index contributed by atoms with van der Waals surface area (Å²) < 4.78 is 14.7. The lowest BCUT2D eigenvalue weighted by Gasteiger charge is -2.40. The van der Waals surface area contributed by atoms with Crippen LogP contribution in [0.1, 0.15) is 6.42 Å². The minimum Gasteiger partial charge on any atom is -0.506 e. The van der Waals surface area contributed by atoms with Crippen molar-refractivity contribution in [1.29, 1.82) is 0 Å². The predicted molar refractivity (Wildman–Crippen MR) is 75.2 cm³/mol. The molecule has 7 unspecified atom stereocenters. The summed E-state index contributed by atoms with van der Waals surface area (Å²) in [5, 5.41) is 76.4. The van der Waals surface area contributed by atoms with Crippen molar-refractivity contribution in [2.75, 3.05) is 20.3 Å². The largest absolute Gasteiger partial charge is 0.506 e. The standard InChI is InChI=1S/C13H24O11/c1-22-12(21)11(7(17)5(16)2-3-14)24-13-10(20)9(19)8(18)6(4-15)23-13/h5-6,8-10,12-21H,2-4H2,1H3/b11-7+. The van der Waals surface area contributed by atoms with Crippen LogP contribution in [0, 0.1) is 0 Å². The Morgan fingerprint density at radius 3 is 2.21 bits per heavy atom. The third kappa shape index (κ3) is 4.75. The molecule has 1 heterocycles. The Bertz CT molecular complexity index is 413. The van der Waals surface area contributed by atoms with Crippen molar-refractivity contribution in [2.24, 2.45) is 0 Å². The highest BCUT2D eigenvalue weighted by Crippen LogP contribution is 2.26. The van der Waals surface area contributed by atoms with Gasteiger partial charge in [-0.25, -0.2) is 0 Å². The molecule has 24 heavy (non-hydrogen) atoms. The summed E-state index contributed by atoms with van der Waals surface area (Å²) in [6, 6.07) is 0. The van der Waals surface area contributed by atoms with E-state index in [1.165, 1.54) is 0 Å². The number of ether oxygens (including phenoxy) is 3. The third-order valence-corrected chi connectivity index (χ3v) is 3.51. The molecule has 0 radical (unpaired) electrons. The maximum absolute atomic E-state index is 9.92. The van der Waals surface area contributed by atoms with Crippen LogP contribution < -0.4 is 0 Å². The van der Waals surface area contributed by atoms with Gasteiger partial charge in [-0.15, -0.1) is 0 Å². The molecule has 0 amide bonds. The maximum atomic E-state index is 9.92. The molecule has 0 spiro atoms. The van der Waals surface area contributed by atoms with E-state index in [0.717, 1.165) is 7.11 Å². The summed E-state index contributed by atoms with van der Waals surface area (Å²) in [6.07, 6.45) is -11.8. The second-order valence-corrected chi connectivity index (χ2v) is 5.18. The van der Waals surface area contributed by atoms with Crippen LogP contribution in [0.5, 0.6) is 0 Å². The van der Waals surface area contributed by atoms with Gasteiger partial charge in [-0.05, 0) is 0 Å². The average Bonchev–Trinajstić information content (AvgIpc) is 2.58. The van der Waals surface area contributed by atoms with E-state index in [0.29, 0.717) is 0 Å². The normalized spacial score (nSPS) is 34.4. The summed E-state index contributed by atoms with van der Waals surface area (Å²) in [5.74, 6) is -1.60. The van der Waals surface area contributed by atoms with Gasteiger partial charge in [-0.3, -0.25) is 0 Å². The lowest BCUT2D eigenvalue weighted by molar-refractivity contribution is -0.298. The Hall–Kier alpha value is -1.02. The molecule has 1 saturated heterocycles. The van der Waals surface area contributed by atoms with Gasteiger partial charge in [0.05, 0.1) is 6.61 Å². The van der Waals surface area contributed by atoms with Crippen LogP contribution in [0.4, 0.5) is 0 Å². The molecule has 1 aliphatic heterocycles. The van der Waals surface area contributed by atoms with Gasteiger partial charge < -0.3 is 55.1 Å². The molecule has 0 aromatic heterocycles. The fourth-order valence-corrected chi connectivity index (χ4v) is 2.07. The molecule has 11 heteroatoms. The Labute approximate surface area is 137 Å². The average molecular weight is 356 g/mol. The van der Waals surface area contributed by atoms with Gasteiger partial charge in [-0.1, -0.05) is 0 Å². The van der Waals surface area contributed by atoms with E-state index in [9.17, 15) is 30.6 Å². The van der Waals surface area contributed by atoms with Gasteiger partial charge in [0.2, 0.25) is 12.6 Å². The molecule has 0 aromatic rings. The Morgan fingerprint density at radius 2 is 1.71 bits per heavy atom. The molecular weight excluding hydrogens is 332 g/mol. The number of hydrogen-bond acceptors (Lipinski definition) is 11. The smallest absolute Gasteiger partial charge is 0.229 e. The topological polar surface area (TPSA) is 190 Å². The summed E-state index contributed by atoms with van der Waals surface area (Å²) in [4.78, 5) is 0. The Balaban J connectivity index is 3.03. The summed E-state index contributed by atoms with van der Waals surface area (Å²) in [6.45, 7) is -1.17. The SMILES string of the molecule is COC(O)/C(OC1OC(CO)C(O)C(O)C1O)=C(\O)C(O)CCO. The number of methoxy groups -OCH3 is 1. The first kappa shape index (κ1) is 21.0. The molecule has 0 bridgehead atoms. The van der Waals surface area contributed by atoms with Crippen LogP contribution in [0.3, 0.4) is 0 Å². The van der Waals surface area contributed by atoms with E-state index in [1.807, 2.05) is 0 Å². The Kier molecular flexibility index (Phi) is 8.29. The lowest BCUT2D eigenvalue weighted by Crippen LogP contribution is -2.59. The highest BCUT2D eigenvalue weighted by Gasteiger charge is 2.45. The highest BCUT2D eigenvalue weighted by molar-refractivity contribution is 5.08. The van der Waals surface area contributed by atoms with Gasteiger partial charge in [0.1, 0.15) is 30.5 Å². The zero-order valence-electron chi connectivity index (χ0n) is 13.0. The quantitative estimate of drug-likeness (QED) is 0.158. The Morgan fingerprint density at radius 1 is 1.08 bits per heavy atom. The number of hydrogen-bond donors (Lipinski definition) is 8. The predicted octanol–water partition coefficient (Wildman–Crippen LogP) is -3.72. The lowest BCUT2D eigenvalue weighted by atomic mass is 9.99. The van der Waals surface area contributed by atoms with Crippen molar-refractivity contribution in [3.63, 3.8) is 0 Å². The third-order valence-electron chi connectivity index (χ3n) is 3.51. The van der Waals surface area contributed by atoms with Crippen LogP contribution in [0.2, 0.25) is 0 Å². The molecule has 1 aliphatic rings. The van der Waals surface area contributed by atoms with E-state index in [2.05, 4.69) is 4.74 Å². The molecule has 1 rings (SSSR count). The van der Waals surface area contributed by atoms with Crippen LogP contribution in [-0.4, -0.2) is 104 Å². The van der Waals surface area contributed by atoms with E-state index in [1.54, 1.807) is 0 Å². The second kappa shape index (κ2) is 9.46. The molecule has 142 valence electrons. The first-order valence-electron chi connectivity index (χ1n) is 7.18.